The molecule has 1 amide bonds. The van der Waals surface area contributed by atoms with E-state index in [2.05, 4.69) is 58.5 Å². The number of halogens is 1. The highest BCUT2D eigenvalue weighted by atomic mass is 127. The van der Waals surface area contributed by atoms with Crippen LogP contribution in [0.25, 0.3) is 10.9 Å². The van der Waals surface area contributed by atoms with Gasteiger partial charge in [0.2, 0.25) is 5.91 Å². The zero-order valence-electron chi connectivity index (χ0n) is 15.6. The number of nitrogens with one attached hydrogen (secondary N) is 3. The van der Waals surface area contributed by atoms with Crippen LogP contribution in [0, 0.1) is 6.92 Å². The molecule has 0 unspecified atom stereocenters. The van der Waals surface area contributed by atoms with E-state index in [1.54, 1.807) is 20.2 Å². The van der Waals surface area contributed by atoms with Gasteiger partial charge in [-0.05, 0) is 24.5 Å². The molecule has 0 fully saturated rings. The largest absolute Gasteiger partial charge is 0.361 e. The monoisotopic (exact) mass is 469 g/mol. The summed E-state index contributed by atoms with van der Waals surface area (Å²) in [6, 6.07) is 6.31. The van der Waals surface area contributed by atoms with Gasteiger partial charge in [0.1, 0.15) is 6.54 Å². The Labute approximate surface area is 172 Å². The van der Waals surface area contributed by atoms with Gasteiger partial charge in [0.05, 0.1) is 0 Å². The van der Waals surface area contributed by atoms with Gasteiger partial charge in [0.15, 0.2) is 5.96 Å². The molecular formula is C19H28IN5O. The Morgan fingerprint density at radius 3 is 2.81 bits per heavy atom. The van der Waals surface area contributed by atoms with Crippen LogP contribution in [0.1, 0.15) is 11.1 Å². The molecule has 1 aromatic heterocycles. The van der Waals surface area contributed by atoms with E-state index >= 15 is 0 Å². The van der Waals surface area contributed by atoms with Crippen LogP contribution >= 0.6 is 24.0 Å². The van der Waals surface area contributed by atoms with Gasteiger partial charge in [-0.1, -0.05) is 24.3 Å². The minimum absolute atomic E-state index is 0. The first kappa shape index (κ1) is 22.0. The number of hydrogen-bond donors (Lipinski definition) is 3. The van der Waals surface area contributed by atoms with E-state index in [0.717, 1.165) is 13.0 Å². The molecule has 0 saturated heterocycles. The third kappa shape index (κ3) is 6.05. The number of hydrogen-bond acceptors (Lipinski definition) is 2. The lowest BCUT2D eigenvalue weighted by molar-refractivity contribution is -0.127. The van der Waals surface area contributed by atoms with Crippen molar-refractivity contribution in [1.82, 2.24) is 20.5 Å². The second-order valence-corrected chi connectivity index (χ2v) is 6.11. The van der Waals surface area contributed by atoms with Crippen molar-refractivity contribution in [3.8, 4) is 0 Å². The second-order valence-electron chi connectivity index (χ2n) is 6.11. The van der Waals surface area contributed by atoms with Gasteiger partial charge >= 0.3 is 0 Å². The number of H-pyrrole nitrogens is 1. The normalized spacial score (nSPS) is 11.0. The number of benzene rings is 1. The molecule has 0 aliphatic carbocycles. The smallest absolute Gasteiger partial charge is 0.243 e. The van der Waals surface area contributed by atoms with Gasteiger partial charge in [-0.15, -0.1) is 30.6 Å². The number of aliphatic imine (C=N–C) groups is 1. The Kier molecular flexibility index (Phi) is 9.18. The summed E-state index contributed by atoms with van der Waals surface area (Å²) in [5.41, 5.74) is 3.69. The summed E-state index contributed by atoms with van der Waals surface area (Å²) >= 11 is 0. The molecule has 0 bridgehead atoms. The molecule has 2 rings (SSSR count). The molecule has 1 aromatic carbocycles. The van der Waals surface area contributed by atoms with Crippen molar-refractivity contribution in [3.63, 3.8) is 0 Å². The van der Waals surface area contributed by atoms with Crippen LogP contribution in [0.2, 0.25) is 0 Å². The summed E-state index contributed by atoms with van der Waals surface area (Å²) in [5.74, 6) is 0.581. The molecule has 142 valence electrons. The molecule has 2 aromatic rings. The Bertz CT molecular complexity index is 766. The van der Waals surface area contributed by atoms with E-state index in [4.69, 9.17) is 0 Å². The lowest BCUT2D eigenvalue weighted by atomic mass is 10.1. The molecular weight excluding hydrogens is 441 g/mol. The van der Waals surface area contributed by atoms with E-state index in [-0.39, 0.29) is 36.4 Å². The predicted molar refractivity (Wildman–Crippen MR) is 119 cm³/mol. The van der Waals surface area contributed by atoms with Crippen LogP contribution in [-0.4, -0.2) is 55.5 Å². The van der Waals surface area contributed by atoms with Crippen molar-refractivity contribution in [2.24, 2.45) is 4.99 Å². The van der Waals surface area contributed by atoms with Gasteiger partial charge < -0.3 is 20.5 Å². The summed E-state index contributed by atoms with van der Waals surface area (Å²) in [4.78, 5) is 20.9. The summed E-state index contributed by atoms with van der Waals surface area (Å²) in [5, 5.41) is 7.66. The molecule has 0 saturated carbocycles. The van der Waals surface area contributed by atoms with Crippen LogP contribution in [0.4, 0.5) is 0 Å². The maximum Gasteiger partial charge on any atom is 0.243 e. The van der Waals surface area contributed by atoms with E-state index in [0.29, 0.717) is 12.5 Å². The van der Waals surface area contributed by atoms with Crippen molar-refractivity contribution < 1.29 is 4.79 Å². The number of para-hydroxylation sites is 1. The van der Waals surface area contributed by atoms with Gasteiger partial charge in [-0.2, -0.15) is 0 Å². The quantitative estimate of drug-likeness (QED) is 0.253. The van der Waals surface area contributed by atoms with E-state index in [1.807, 2.05) is 0 Å². The Morgan fingerprint density at radius 1 is 1.35 bits per heavy atom. The Balaban J connectivity index is 0.00000338. The average Bonchev–Trinajstić information content (AvgIpc) is 3.01. The first-order valence-electron chi connectivity index (χ1n) is 8.41. The average molecular weight is 469 g/mol. The molecule has 3 N–H and O–H groups in total. The van der Waals surface area contributed by atoms with Crippen LogP contribution in [0.15, 0.2) is 42.0 Å². The van der Waals surface area contributed by atoms with Crippen LogP contribution < -0.4 is 10.6 Å². The maximum atomic E-state index is 11.7. The molecule has 0 radical (unpaired) electrons. The summed E-state index contributed by atoms with van der Waals surface area (Å²) in [6.45, 7) is 7.23. The van der Waals surface area contributed by atoms with Crippen LogP contribution in [0.5, 0.6) is 0 Å². The number of aromatic amines is 1. The van der Waals surface area contributed by atoms with Crippen molar-refractivity contribution in [2.45, 2.75) is 13.3 Å². The summed E-state index contributed by atoms with van der Waals surface area (Å²) in [7, 11) is 3.45. The Hall–Kier alpha value is -2.03. The highest BCUT2D eigenvalue weighted by molar-refractivity contribution is 14.0. The number of rotatable bonds is 7. The van der Waals surface area contributed by atoms with E-state index < -0.39 is 0 Å². The van der Waals surface area contributed by atoms with Crippen molar-refractivity contribution >= 4 is 46.7 Å². The van der Waals surface area contributed by atoms with Gasteiger partial charge in [-0.25, -0.2) is 4.99 Å². The second kappa shape index (κ2) is 10.8. The molecule has 1 heterocycles. The third-order valence-electron chi connectivity index (χ3n) is 3.98. The molecule has 6 nitrogen and oxygen atoms in total. The van der Waals surface area contributed by atoms with Crippen LogP contribution in [-0.2, 0) is 11.2 Å². The number of fused-ring (bicyclic) bond motifs is 1. The highest BCUT2D eigenvalue weighted by Gasteiger charge is 2.07. The number of likely N-dealkylation sites (N-methyl/N-ethyl adjacent to an activating group) is 1. The number of amides is 1. The van der Waals surface area contributed by atoms with Crippen molar-refractivity contribution in [2.75, 3.05) is 33.7 Å². The fourth-order valence-electron chi connectivity index (χ4n) is 2.52. The number of nitrogens with zero attached hydrogens (tertiary/aromatic N) is 2. The van der Waals surface area contributed by atoms with E-state index in [9.17, 15) is 4.79 Å². The maximum absolute atomic E-state index is 11.7. The number of aryl methyl sites for hydroxylation is 1. The summed E-state index contributed by atoms with van der Waals surface area (Å²) < 4.78 is 0. The predicted octanol–water partition coefficient (Wildman–Crippen LogP) is 2.45. The minimum atomic E-state index is -0.0354. The summed E-state index contributed by atoms with van der Waals surface area (Å²) in [6.07, 6.45) is 4.68. The first-order chi connectivity index (χ1) is 12.0. The third-order valence-corrected chi connectivity index (χ3v) is 3.98. The van der Waals surface area contributed by atoms with E-state index in [1.165, 1.54) is 26.9 Å². The zero-order chi connectivity index (χ0) is 18.2. The number of carbonyl (C=O) groups is 1. The molecule has 0 aliphatic heterocycles. The molecule has 7 heteroatoms. The standard InChI is InChI=1S/C19H27N5O.HI/c1-5-10-20-19(23-13-17(25)24(3)4)21-11-9-15-12-22-18-14(2)7-6-8-16(15)18;/h5-8,12,22H,1,9-11,13H2,2-4H3,(H2,20,21,23);1H. The topological polar surface area (TPSA) is 72.5 Å². The highest BCUT2D eigenvalue weighted by Crippen LogP contribution is 2.21. The SMILES string of the molecule is C=CCNC(=NCC(=O)N(C)C)NCCc1c[nH]c2c(C)cccc12.I. The molecule has 26 heavy (non-hydrogen) atoms. The number of carbonyl (C=O) groups excluding carboxylic acids is 1. The van der Waals surface area contributed by atoms with Crippen LogP contribution in [0.3, 0.4) is 0 Å². The van der Waals surface area contributed by atoms with Crippen molar-refractivity contribution in [3.05, 3.63) is 48.2 Å². The minimum Gasteiger partial charge on any atom is -0.361 e. The molecule has 0 spiro atoms. The zero-order valence-corrected chi connectivity index (χ0v) is 18.0. The fourth-order valence-corrected chi connectivity index (χ4v) is 2.52. The fraction of sp³-hybridized carbons (Fsp3) is 0.368. The van der Waals surface area contributed by atoms with Gasteiger partial charge in [0.25, 0.3) is 0 Å². The lowest BCUT2D eigenvalue weighted by Crippen LogP contribution is -2.39. The first-order valence-corrected chi connectivity index (χ1v) is 8.41. The molecule has 0 atom stereocenters. The van der Waals surface area contributed by atoms with Crippen molar-refractivity contribution in [1.29, 1.82) is 0 Å². The lowest BCUT2D eigenvalue weighted by Gasteiger charge is -2.12. The number of aromatic nitrogens is 1. The molecule has 0 aliphatic rings. The van der Waals surface area contributed by atoms with Gasteiger partial charge in [-0.3, -0.25) is 4.79 Å². The van der Waals surface area contributed by atoms with Gasteiger partial charge in [0, 0.05) is 44.3 Å². The Morgan fingerprint density at radius 2 is 2.12 bits per heavy atom. The number of guanidine groups is 1.